The Hall–Kier alpha value is -3.32. The molecule has 32 heavy (non-hydrogen) atoms. The highest BCUT2D eigenvalue weighted by molar-refractivity contribution is 5.78. The maximum Gasteiger partial charge on any atom is 0.417 e. The van der Waals surface area contributed by atoms with Gasteiger partial charge in [-0.25, -0.2) is 4.39 Å². The molecule has 1 atom stereocenters. The first-order valence-corrected chi connectivity index (χ1v) is 9.76. The molecule has 0 spiro atoms. The second-order valence-electron chi connectivity index (χ2n) is 7.22. The molecule has 0 N–H and O–H groups in total. The minimum absolute atomic E-state index is 0.182. The van der Waals surface area contributed by atoms with Crippen molar-refractivity contribution in [2.24, 2.45) is 0 Å². The molecule has 1 unspecified atom stereocenters. The molecular weight excluding hydrogens is 430 g/mol. The molecule has 6 nitrogen and oxygen atoms in total. The highest BCUT2D eigenvalue weighted by Gasteiger charge is 2.36. The zero-order chi connectivity index (χ0) is 23.3. The van der Waals surface area contributed by atoms with E-state index in [1.807, 2.05) is 0 Å². The summed E-state index contributed by atoms with van der Waals surface area (Å²) in [5.41, 5.74) is -1.12. The van der Waals surface area contributed by atoms with E-state index in [4.69, 9.17) is 14.7 Å². The summed E-state index contributed by atoms with van der Waals surface area (Å²) in [7, 11) is 1.47. The summed E-state index contributed by atoms with van der Waals surface area (Å²) >= 11 is 0. The highest BCUT2D eigenvalue weighted by Crippen LogP contribution is 2.35. The van der Waals surface area contributed by atoms with Gasteiger partial charge < -0.3 is 19.3 Å². The van der Waals surface area contributed by atoms with Crippen LogP contribution in [0.3, 0.4) is 0 Å². The van der Waals surface area contributed by atoms with E-state index >= 15 is 0 Å². The van der Waals surface area contributed by atoms with Gasteiger partial charge in [0.1, 0.15) is 11.6 Å². The van der Waals surface area contributed by atoms with Crippen LogP contribution in [0.4, 0.5) is 23.2 Å². The number of ether oxygens (including phenoxy) is 2. The molecule has 2 aromatic rings. The third kappa shape index (κ3) is 5.48. The van der Waals surface area contributed by atoms with Crippen LogP contribution in [-0.2, 0) is 15.7 Å². The van der Waals surface area contributed by atoms with Crippen molar-refractivity contribution in [3.05, 3.63) is 59.4 Å². The quantitative estimate of drug-likeness (QED) is 0.630. The second-order valence-corrected chi connectivity index (χ2v) is 7.22. The summed E-state index contributed by atoms with van der Waals surface area (Å²) in [6.07, 6.45) is -4.65. The maximum atomic E-state index is 13.3. The first-order chi connectivity index (χ1) is 15.2. The fourth-order valence-corrected chi connectivity index (χ4v) is 3.57. The van der Waals surface area contributed by atoms with Gasteiger partial charge >= 0.3 is 6.18 Å². The number of methoxy groups -OCH3 is 1. The van der Waals surface area contributed by atoms with Crippen LogP contribution < -0.4 is 9.64 Å². The van der Waals surface area contributed by atoms with E-state index in [0.717, 1.165) is 12.1 Å². The second kappa shape index (κ2) is 9.87. The average molecular weight is 451 g/mol. The molecule has 2 aromatic carbocycles. The van der Waals surface area contributed by atoms with Gasteiger partial charge in [0.05, 0.1) is 29.8 Å². The number of piperazine rings is 1. The molecule has 1 fully saturated rings. The number of hydrogen-bond donors (Lipinski definition) is 0. The fraction of sp³-hybridized carbons (Fsp3) is 0.364. The van der Waals surface area contributed by atoms with E-state index in [1.165, 1.54) is 37.4 Å². The molecule has 1 aliphatic heterocycles. The van der Waals surface area contributed by atoms with Crippen molar-refractivity contribution in [3.63, 3.8) is 0 Å². The summed E-state index contributed by atoms with van der Waals surface area (Å²) in [4.78, 5) is 16.0. The van der Waals surface area contributed by atoms with Crippen molar-refractivity contribution < 1.29 is 31.8 Å². The number of carbonyl (C=O) groups excluding carboxylic acids is 1. The Morgan fingerprint density at radius 1 is 1.19 bits per heavy atom. The topological polar surface area (TPSA) is 65.8 Å². The molecule has 0 bridgehead atoms. The lowest BCUT2D eigenvalue weighted by Gasteiger charge is -2.42. The van der Waals surface area contributed by atoms with Gasteiger partial charge in [-0.1, -0.05) is 0 Å². The van der Waals surface area contributed by atoms with Crippen molar-refractivity contribution in [3.8, 4) is 11.8 Å². The molecule has 1 amide bonds. The third-order valence-corrected chi connectivity index (χ3v) is 5.13. The molecule has 1 aliphatic rings. The van der Waals surface area contributed by atoms with Gasteiger partial charge in [-0.05, 0) is 42.5 Å². The van der Waals surface area contributed by atoms with E-state index in [-0.39, 0.29) is 32.2 Å². The smallest absolute Gasteiger partial charge is 0.417 e. The molecule has 170 valence electrons. The highest BCUT2D eigenvalue weighted by atomic mass is 19.4. The van der Waals surface area contributed by atoms with Crippen LogP contribution in [0.25, 0.3) is 0 Å². The average Bonchev–Trinajstić information content (AvgIpc) is 2.77. The predicted molar refractivity (Wildman–Crippen MR) is 108 cm³/mol. The first kappa shape index (κ1) is 23.3. The van der Waals surface area contributed by atoms with E-state index in [9.17, 15) is 22.4 Å². The number of benzene rings is 2. The van der Waals surface area contributed by atoms with E-state index in [1.54, 1.807) is 15.9 Å². The monoisotopic (exact) mass is 451 g/mol. The normalized spacial score (nSPS) is 16.6. The molecule has 0 saturated carbocycles. The number of nitriles is 1. The van der Waals surface area contributed by atoms with Gasteiger partial charge in [-0.3, -0.25) is 4.79 Å². The van der Waals surface area contributed by atoms with Crippen LogP contribution in [0.15, 0.2) is 42.5 Å². The van der Waals surface area contributed by atoms with E-state index in [2.05, 4.69) is 0 Å². The SMILES string of the molecule is COCC1CN(c2ccc(C#N)c(C(F)(F)F)c2)CCN1C(=O)COc1ccc(F)cc1. The Balaban J connectivity index is 1.71. The number of anilines is 1. The lowest BCUT2D eigenvalue weighted by Crippen LogP contribution is -2.58. The lowest BCUT2D eigenvalue weighted by molar-refractivity contribution is -0.138. The Morgan fingerprint density at radius 2 is 1.91 bits per heavy atom. The fourth-order valence-electron chi connectivity index (χ4n) is 3.57. The number of rotatable bonds is 6. The van der Waals surface area contributed by atoms with Gasteiger partial charge in [-0.15, -0.1) is 0 Å². The van der Waals surface area contributed by atoms with E-state index in [0.29, 0.717) is 18.0 Å². The van der Waals surface area contributed by atoms with Crippen molar-refractivity contribution in [1.82, 2.24) is 4.90 Å². The number of alkyl halides is 3. The number of halogens is 4. The lowest BCUT2D eigenvalue weighted by atomic mass is 10.1. The third-order valence-electron chi connectivity index (χ3n) is 5.13. The number of nitrogens with zero attached hydrogens (tertiary/aromatic N) is 3. The largest absolute Gasteiger partial charge is 0.484 e. The maximum absolute atomic E-state index is 13.3. The van der Waals surface area contributed by atoms with Gasteiger partial charge in [0.25, 0.3) is 5.91 Å². The summed E-state index contributed by atoms with van der Waals surface area (Å²) < 4.78 is 63.6. The predicted octanol–water partition coefficient (Wildman–Crippen LogP) is 3.46. The Kier molecular flexibility index (Phi) is 7.20. The van der Waals surface area contributed by atoms with Gasteiger partial charge in [0.15, 0.2) is 6.61 Å². The van der Waals surface area contributed by atoms with Crippen LogP contribution >= 0.6 is 0 Å². The molecule has 0 radical (unpaired) electrons. The molecule has 0 aliphatic carbocycles. The zero-order valence-electron chi connectivity index (χ0n) is 17.2. The summed E-state index contributed by atoms with van der Waals surface area (Å²) in [6.45, 7) is 0.716. The van der Waals surface area contributed by atoms with Gasteiger partial charge in [0, 0.05) is 32.4 Å². The summed E-state index contributed by atoms with van der Waals surface area (Å²) in [5, 5.41) is 8.98. The molecule has 1 saturated heterocycles. The molecule has 3 rings (SSSR count). The number of hydrogen-bond acceptors (Lipinski definition) is 5. The number of amides is 1. The Bertz CT molecular complexity index is 989. The van der Waals surface area contributed by atoms with Crippen molar-refractivity contribution >= 4 is 11.6 Å². The molecule has 10 heteroatoms. The van der Waals surface area contributed by atoms with Crippen LogP contribution in [-0.4, -0.2) is 56.8 Å². The molecule has 1 heterocycles. The number of carbonyl (C=O) groups is 1. The van der Waals surface area contributed by atoms with Crippen LogP contribution in [0.2, 0.25) is 0 Å². The molecular formula is C22H21F4N3O3. The van der Waals surface area contributed by atoms with Crippen molar-refractivity contribution in [1.29, 1.82) is 5.26 Å². The van der Waals surface area contributed by atoms with Gasteiger partial charge in [-0.2, -0.15) is 18.4 Å². The summed E-state index contributed by atoms with van der Waals surface area (Å²) in [5.74, 6) is -0.387. The van der Waals surface area contributed by atoms with Crippen LogP contribution in [0.1, 0.15) is 11.1 Å². The van der Waals surface area contributed by atoms with Gasteiger partial charge in [0.2, 0.25) is 0 Å². The van der Waals surface area contributed by atoms with Crippen LogP contribution in [0, 0.1) is 17.1 Å². The van der Waals surface area contributed by atoms with E-state index < -0.39 is 29.2 Å². The van der Waals surface area contributed by atoms with Crippen molar-refractivity contribution in [2.45, 2.75) is 12.2 Å². The minimum Gasteiger partial charge on any atom is -0.484 e. The first-order valence-electron chi connectivity index (χ1n) is 9.76. The van der Waals surface area contributed by atoms with Crippen LogP contribution in [0.5, 0.6) is 5.75 Å². The summed E-state index contributed by atoms with van der Waals surface area (Å²) in [6, 6.07) is 9.99. The van der Waals surface area contributed by atoms with Crippen molar-refractivity contribution in [2.75, 3.05) is 44.9 Å². The Morgan fingerprint density at radius 3 is 2.53 bits per heavy atom. The zero-order valence-corrected chi connectivity index (χ0v) is 17.2. The Labute approximate surface area is 182 Å². The standard InChI is InChI=1S/C22H21F4N3O3/c1-31-13-18-12-28(17-5-2-15(11-27)20(10-17)22(24,25)26)8-9-29(18)21(30)14-32-19-6-3-16(23)4-7-19/h2-7,10,18H,8-9,12-14H2,1H3. The minimum atomic E-state index is -4.65. The molecule has 0 aromatic heterocycles.